The monoisotopic (exact) mass is 237 g/mol. The van der Waals surface area contributed by atoms with Crippen LogP contribution >= 0.6 is 0 Å². The highest BCUT2D eigenvalue weighted by Gasteiger charge is 2.21. The van der Waals surface area contributed by atoms with Crippen LogP contribution in [0, 0.1) is 12.7 Å². The molecule has 0 atom stereocenters. The molecule has 0 unspecified atom stereocenters. The van der Waals surface area contributed by atoms with E-state index >= 15 is 0 Å². The van der Waals surface area contributed by atoms with Crippen molar-refractivity contribution in [3.8, 4) is 0 Å². The molecule has 0 heterocycles. The maximum Gasteiger partial charge on any atom is 0.254 e. The molecule has 94 valence electrons. The summed E-state index contributed by atoms with van der Waals surface area (Å²) in [5, 5.41) is 2.85. The Morgan fingerprint density at radius 1 is 1.41 bits per heavy atom. The number of carbonyl (C=O) groups is 1. The van der Waals surface area contributed by atoms with Gasteiger partial charge in [-0.25, -0.2) is 4.39 Å². The Kier molecular flexibility index (Phi) is 4.27. The van der Waals surface area contributed by atoms with E-state index < -0.39 is 5.82 Å². The van der Waals surface area contributed by atoms with Crippen LogP contribution in [0.3, 0.4) is 0 Å². The van der Waals surface area contributed by atoms with Crippen LogP contribution in [0.15, 0.2) is 18.2 Å². The van der Waals surface area contributed by atoms with Gasteiger partial charge in [0.05, 0.1) is 5.56 Å². The van der Waals surface area contributed by atoms with Crippen LogP contribution in [0.5, 0.6) is 0 Å². The lowest BCUT2D eigenvalue weighted by atomic mass is 9.98. The molecule has 3 heteroatoms. The first-order valence-electron chi connectivity index (χ1n) is 5.94. The van der Waals surface area contributed by atoms with Crippen molar-refractivity contribution in [1.29, 1.82) is 0 Å². The fourth-order valence-corrected chi connectivity index (χ4v) is 1.87. The van der Waals surface area contributed by atoms with Crippen molar-refractivity contribution >= 4 is 5.91 Å². The second-order valence-electron chi connectivity index (χ2n) is 5.07. The number of hydrogen-bond donors (Lipinski definition) is 1. The normalized spacial score (nSPS) is 11.4. The maximum atomic E-state index is 13.6. The molecule has 0 saturated carbocycles. The third-order valence-corrected chi connectivity index (χ3v) is 2.70. The largest absolute Gasteiger partial charge is 0.347 e. The van der Waals surface area contributed by atoms with Gasteiger partial charge >= 0.3 is 0 Å². The average molecular weight is 237 g/mol. The maximum absolute atomic E-state index is 13.6. The van der Waals surface area contributed by atoms with E-state index in [1.54, 1.807) is 13.0 Å². The van der Waals surface area contributed by atoms with E-state index in [1.165, 1.54) is 12.1 Å². The average Bonchev–Trinajstić information content (AvgIpc) is 2.15. The highest BCUT2D eigenvalue weighted by atomic mass is 19.1. The number of nitrogens with one attached hydrogen (secondary N) is 1. The molecule has 0 aliphatic rings. The summed E-state index contributed by atoms with van der Waals surface area (Å²) in [6.07, 6.45) is 1.84. The van der Waals surface area contributed by atoms with E-state index in [-0.39, 0.29) is 17.0 Å². The molecule has 1 aromatic rings. The lowest BCUT2D eigenvalue weighted by Crippen LogP contribution is -2.43. The molecule has 1 rings (SSSR count). The van der Waals surface area contributed by atoms with Gasteiger partial charge in [0, 0.05) is 5.54 Å². The van der Waals surface area contributed by atoms with Gasteiger partial charge < -0.3 is 5.32 Å². The first-order valence-corrected chi connectivity index (χ1v) is 5.94. The zero-order valence-corrected chi connectivity index (χ0v) is 10.9. The number of rotatable bonds is 4. The fourth-order valence-electron chi connectivity index (χ4n) is 1.87. The van der Waals surface area contributed by atoms with Crippen LogP contribution in [0.2, 0.25) is 0 Å². The highest BCUT2D eigenvalue weighted by Crippen LogP contribution is 2.14. The molecule has 2 nitrogen and oxygen atoms in total. The summed E-state index contributed by atoms with van der Waals surface area (Å²) < 4.78 is 13.6. The SMILES string of the molecule is CCCC(C)(C)NC(=O)c1ccc(C)cc1F. The van der Waals surface area contributed by atoms with Gasteiger partial charge in [0.1, 0.15) is 5.82 Å². The van der Waals surface area contributed by atoms with E-state index in [0.29, 0.717) is 0 Å². The second kappa shape index (κ2) is 5.30. The van der Waals surface area contributed by atoms with Gasteiger partial charge in [-0.2, -0.15) is 0 Å². The predicted octanol–water partition coefficient (Wildman–Crippen LogP) is 3.44. The smallest absolute Gasteiger partial charge is 0.254 e. The number of carbonyl (C=O) groups excluding carboxylic acids is 1. The molecule has 1 amide bonds. The predicted molar refractivity (Wildman–Crippen MR) is 67.6 cm³/mol. The molecule has 0 aromatic heterocycles. The second-order valence-corrected chi connectivity index (χ2v) is 5.07. The van der Waals surface area contributed by atoms with Crippen LogP contribution in [0.25, 0.3) is 0 Å². The van der Waals surface area contributed by atoms with Crippen LogP contribution in [-0.4, -0.2) is 11.4 Å². The Hall–Kier alpha value is -1.38. The van der Waals surface area contributed by atoms with Gasteiger partial charge in [0.15, 0.2) is 0 Å². The Morgan fingerprint density at radius 2 is 2.06 bits per heavy atom. The first kappa shape index (κ1) is 13.7. The fraction of sp³-hybridized carbons (Fsp3) is 0.500. The number of aryl methyl sites for hydroxylation is 1. The lowest BCUT2D eigenvalue weighted by molar-refractivity contribution is 0.0905. The minimum absolute atomic E-state index is 0.111. The van der Waals surface area contributed by atoms with Crippen molar-refractivity contribution in [3.05, 3.63) is 35.1 Å². The Balaban J connectivity index is 2.83. The summed E-state index contributed by atoms with van der Waals surface area (Å²) in [5.74, 6) is -0.809. The Bertz CT molecular complexity index is 413. The number of amides is 1. The Morgan fingerprint density at radius 3 is 2.59 bits per heavy atom. The van der Waals surface area contributed by atoms with Gasteiger partial charge in [0.2, 0.25) is 0 Å². The molecule has 0 aliphatic carbocycles. The molecule has 0 fully saturated rings. The summed E-state index contributed by atoms with van der Waals surface area (Å²) in [6, 6.07) is 4.65. The molecule has 0 aliphatic heterocycles. The molecule has 0 bridgehead atoms. The van der Waals surface area contributed by atoms with Crippen LogP contribution in [-0.2, 0) is 0 Å². The zero-order chi connectivity index (χ0) is 13.1. The molecule has 0 spiro atoms. The van der Waals surface area contributed by atoms with Gasteiger partial charge in [-0.05, 0) is 44.9 Å². The summed E-state index contributed by atoms with van der Waals surface area (Å²) >= 11 is 0. The summed E-state index contributed by atoms with van der Waals surface area (Å²) in [4.78, 5) is 11.9. The van der Waals surface area contributed by atoms with Crippen LogP contribution in [0.1, 0.15) is 49.5 Å². The molecule has 17 heavy (non-hydrogen) atoms. The van der Waals surface area contributed by atoms with Crippen molar-refractivity contribution in [2.24, 2.45) is 0 Å². The molecule has 0 saturated heterocycles. The summed E-state index contributed by atoms with van der Waals surface area (Å²) in [7, 11) is 0. The summed E-state index contributed by atoms with van der Waals surface area (Å²) in [5.41, 5.74) is 0.620. The molecule has 1 N–H and O–H groups in total. The molecular weight excluding hydrogens is 217 g/mol. The van der Waals surface area contributed by atoms with Gasteiger partial charge in [-0.1, -0.05) is 19.4 Å². The first-order chi connectivity index (χ1) is 7.85. The van der Waals surface area contributed by atoms with E-state index in [0.717, 1.165) is 18.4 Å². The van der Waals surface area contributed by atoms with Crippen LogP contribution in [0.4, 0.5) is 4.39 Å². The van der Waals surface area contributed by atoms with Crippen molar-refractivity contribution in [3.63, 3.8) is 0 Å². The minimum Gasteiger partial charge on any atom is -0.347 e. The third-order valence-electron chi connectivity index (χ3n) is 2.70. The van der Waals surface area contributed by atoms with Crippen molar-refractivity contribution < 1.29 is 9.18 Å². The van der Waals surface area contributed by atoms with Gasteiger partial charge in [0.25, 0.3) is 5.91 Å². The molecular formula is C14H20FNO. The zero-order valence-electron chi connectivity index (χ0n) is 10.9. The third kappa shape index (κ3) is 3.84. The number of hydrogen-bond acceptors (Lipinski definition) is 1. The highest BCUT2D eigenvalue weighted by molar-refractivity contribution is 5.94. The quantitative estimate of drug-likeness (QED) is 0.854. The summed E-state index contributed by atoms with van der Waals surface area (Å²) in [6.45, 7) is 7.74. The van der Waals surface area contributed by atoms with E-state index in [9.17, 15) is 9.18 Å². The number of halogens is 1. The van der Waals surface area contributed by atoms with E-state index in [2.05, 4.69) is 12.2 Å². The number of benzene rings is 1. The lowest BCUT2D eigenvalue weighted by Gasteiger charge is -2.25. The van der Waals surface area contributed by atoms with Crippen molar-refractivity contribution in [2.45, 2.75) is 46.1 Å². The van der Waals surface area contributed by atoms with Crippen molar-refractivity contribution in [1.82, 2.24) is 5.32 Å². The van der Waals surface area contributed by atoms with Crippen molar-refractivity contribution in [2.75, 3.05) is 0 Å². The van der Waals surface area contributed by atoms with Gasteiger partial charge in [-0.3, -0.25) is 4.79 Å². The topological polar surface area (TPSA) is 29.1 Å². The molecule has 1 aromatic carbocycles. The van der Waals surface area contributed by atoms with Gasteiger partial charge in [-0.15, -0.1) is 0 Å². The van der Waals surface area contributed by atoms with E-state index in [4.69, 9.17) is 0 Å². The Labute approximate surface area is 102 Å². The van der Waals surface area contributed by atoms with Crippen LogP contribution < -0.4 is 5.32 Å². The minimum atomic E-state index is -0.463. The standard InChI is InChI=1S/C14H20FNO/c1-5-8-14(3,4)16-13(17)11-7-6-10(2)9-12(11)15/h6-7,9H,5,8H2,1-4H3,(H,16,17). The molecule has 0 radical (unpaired) electrons. The van der Waals surface area contributed by atoms with E-state index in [1.807, 2.05) is 13.8 Å².